The van der Waals surface area contributed by atoms with Crippen molar-refractivity contribution in [1.82, 2.24) is 9.78 Å². The maximum absolute atomic E-state index is 12.4. The smallest absolute Gasteiger partial charge is 0.387 e. The lowest BCUT2D eigenvalue weighted by Crippen LogP contribution is -2.10. The van der Waals surface area contributed by atoms with Gasteiger partial charge in [0.25, 0.3) is 0 Å². The molecular weight excluding hydrogens is 308 g/mol. The Bertz CT molecular complexity index is 812. The van der Waals surface area contributed by atoms with Crippen molar-refractivity contribution in [3.8, 4) is 5.75 Å². The van der Waals surface area contributed by atoms with Crippen LogP contribution in [0.2, 0.25) is 0 Å². The van der Waals surface area contributed by atoms with E-state index in [1.807, 2.05) is 0 Å². The molecule has 1 aromatic heterocycles. The van der Waals surface area contributed by atoms with Crippen molar-refractivity contribution in [2.45, 2.75) is 6.61 Å². The van der Waals surface area contributed by atoms with Crippen LogP contribution < -0.4 is 4.74 Å². The molecule has 2 aromatic rings. The van der Waals surface area contributed by atoms with Gasteiger partial charge in [0, 0.05) is 18.8 Å². The molecule has 1 aliphatic rings. The quantitative estimate of drug-likeness (QED) is 0.641. The van der Waals surface area contributed by atoms with Crippen molar-refractivity contribution in [2.75, 3.05) is 0 Å². The Balaban J connectivity index is 1.94. The van der Waals surface area contributed by atoms with Crippen LogP contribution in [-0.4, -0.2) is 28.3 Å². The molecule has 0 saturated heterocycles. The van der Waals surface area contributed by atoms with Gasteiger partial charge in [-0.25, -0.2) is 9.79 Å². The van der Waals surface area contributed by atoms with E-state index in [1.165, 1.54) is 24.3 Å². The van der Waals surface area contributed by atoms with Gasteiger partial charge >= 0.3 is 12.6 Å². The summed E-state index contributed by atoms with van der Waals surface area (Å²) in [5, 5.41) is 3.98. The maximum Gasteiger partial charge on any atom is 0.387 e. The number of alkyl halides is 2. The van der Waals surface area contributed by atoms with Gasteiger partial charge in [-0.15, -0.1) is 0 Å². The number of carbonyl (C=O) groups is 1. The van der Waals surface area contributed by atoms with Crippen LogP contribution in [0.4, 0.5) is 8.78 Å². The number of cyclic esters (lactones) is 1. The summed E-state index contributed by atoms with van der Waals surface area (Å²) in [6, 6.07) is 5.97. The van der Waals surface area contributed by atoms with E-state index < -0.39 is 12.6 Å². The lowest BCUT2D eigenvalue weighted by molar-refractivity contribution is -0.129. The average Bonchev–Trinajstić information content (AvgIpc) is 3.06. The highest BCUT2D eigenvalue weighted by molar-refractivity contribution is 6.13. The number of rotatable bonds is 4. The molecule has 0 aliphatic carbocycles. The summed E-state index contributed by atoms with van der Waals surface area (Å²) in [7, 11) is 1.74. The summed E-state index contributed by atoms with van der Waals surface area (Å²) in [6.07, 6.45) is 4.75. The minimum atomic E-state index is -2.99. The Hall–Kier alpha value is -3.03. The minimum absolute atomic E-state index is 0.0554. The molecule has 0 atom stereocenters. The van der Waals surface area contributed by atoms with Gasteiger partial charge in [-0.05, 0) is 18.2 Å². The van der Waals surface area contributed by atoms with E-state index >= 15 is 0 Å². The Labute approximate surface area is 129 Å². The summed E-state index contributed by atoms with van der Waals surface area (Å²) in [5.41, 5.74) is 0.900. The van der Waals surface area contributed by atoms with E-state index in [-0.39, 0.29) is 22.9 Å². The first-order valence-corrected chi connectivity index (χ1v) is 6.58. The highest BCUT2D eigenvalue weighted by atomic mass is 19.3. The fourth-order valence-corrected chi connectivity index (χ4v) is 2.04. The number of nitrogens with zero attached hydrogens (tertiary/aromatic N) is 3. The number of halogens is 2. The van der Waals surface area contributed by atoms with Crippen molar-refractivity contribution in [2.24, 2.45) is 12.0 Å². The standard InChI is InChI=1S/C15H11F2N3O3/c1-20-8-9(7-18-20)6-11-14(21)23-13(19-11)10-4-2-3-5-12(10)22-15(16)17/h2-8,15H,1H3/b11-6-. The zero-order valence-corrected chi connectivity index (χ0v) is 11.9. The Morgan fingerprint density at radius 2 is 2.13 bits per heavy atom. The summed E-state index contributed by atoms with van der Waals surface area (Å²) >= 11 is 0. The second-order valence-corrected chi connectivity index (χ2v) is 4.66. The SMILES string of the molecule is Cn1cc(/C=C2\N=C(c3ccccc3OC(F)F)OC2=O)cn1. The maximum atomic E-state index is 12.4. The van der Waals surface area contributed by atoms with Crippen molar-refractivity contribution < 1.29 is 23.0 Å². The van der Waals surface area contributed by atoms with Crippen molar-refractivity contribution in [3.05, 3.63) is 53.5 Å². The molecule has 0 amide bonds. The molecule has 8 heteroatoms. The van der Waals surface area contributed by atoms with Gasteiger partial charge in [-0.3, -0.25) is 4.68 Å². The van der Waals surface area contributed by atoms with Gasteiger partial charge in [-0.2, -0.15) is 13.9 Å². The van der Waals surface area contributed by atoms with E-state index in [2.05, 4.69) is 14.8 Å². The fraction of sp³-hybridized carbons (Fsp3) is 0.133. The summed E-state index contributed by atoms with van der Waals surface area (Å²) in [6.45, 7) is -2.99. The van der Waals surface area contributed by atoms with E-state index in [9.17, 15) is 13.6 Å². The molecule has 0 spiro atoms. The van der Waals surface area contributed by atoms with Gasteiger partial charge in [-0.1, -0.05) is 12.1 Å². The molecule has 23 heavy (non-hydrogen) atoms. The lowest BCUT2D eigenvalue weighted by atomic mass is 10.2. The van der Waals surface area contributed by atoms with Crippen LogP contribution in [0.5, 0.6) is 5.75 Å². The van der Waals surface area contributed by atoms with E-state index in [0.717, 1.165) is 0 Å². The second kappa shape index (κ2) is 5.99. The third-order valence-electron chi connectivity index (χ3n) is 2.98. The van der Waals surface area contributed by atoms with Crippen molar-refractivity contribution >= 4 is 17.9 Å². The summed E-state index contributed by atoms with van der Waals surface area (Å²) in [4.78, 5) is 15.9. The minimum Gasteiger partial charge on any atom is -0.434 e. The Kier molecular flexibility index (Phi) is 3.88. The third kappa shape index (κ3) is 3.25. The van der Waals surface area contributed by atoms with E-state index in [0.29, 0.717) is 5.56 Å². The molecule has 6 nitrogen and oxygen atoms in total. The topological polar surface area (TPSA) is 65.7 Å². The van der Waals surface area contributed by atoms with Crippen LogP contribution in [0.15, 0.2) is 47.3 Å². The largest absolute Gasteiger partial charge is 0.434 e. The molecule has 118 valence electrons. The number of esters is 1. The van der Waals surface area contributed by atoms with Gasteiger partial charge in [0.15, 0.2) is 5.70 Å². The van der Waals surface area contributed by atoms with Gasteiger partial charge < -0.3 is 9.47 Å². The summed E-state index contributed by atoms with van der Waals surface area (Å²) < 4.78 is 35.9. The van der Waals surface area contributed by atoms with Gasteiger partial charge in [0.05, 0.1) is 11.8 Å². The zero-order valence-electron chi connectivity index (χ0n) is 11.9. The van der Waals surface area contributed by atoms with Crippen LogP contribution >= 0.6 is 0 Å². The highest BCUT2D eigenvalue weighted by Crippen LogP contribution is 2.26. The number of para-hydroxylation sites is 1. The number of hydrogen-bond donors (Lipinski definition) is 0. The van der Waals surface area contributed by atoms with Crippen LogP contribution in [0, 0.1) is 0 Å². The highest BCUT2D eigenvalue weighted by Gasteiger charge is 2.27. The zero-order chi connectivity index (χ0) is 16.4. The molecule has 2 heterocycles. The first kappa shape index (κ1) is 14.9. The Morgan fingerprint density at radius 1 is 1.35 bits per heavy atom. The molecule has 1 aromatic carbocycles. The van der Waals surface area contributed by atoms with Crippen LogP contribution in [0.25, 0.3) is 6.08 Å². The molecule has 0 N–H and O–H groups in total. The molecule has 0 unspecified atom stereocenters. The number of aliphatic imine (C=N–C) groups is 1. The van der Waals surface area contributed by atoms with Gasteiger partial charge in [0.2, 0.25) is 5.90 Å². The number of hydrogen-bond acceptors (Lipinski definition) is 5. The molecule has 1 aliphatic heterocycles. The summed E-state index contributed by atoms with van der Waals surface area (Å²) in [5.74, 6) is -0.867. The van der Waals surface area contributed by atoms with E-state index in [1.54, 1.807) is 30.2 Å². The van der Waals surface area contributed by atoms with Crippen LogP contribution in [0.1, 0.15) is 11.1 Å². The predicted octanol–water partition coefficient (Wildman–Crippen LogP) is 2.37. The van der Waals surface area contributed by atoms with Crippen LogP contribution in [0.3, 0.4) is 0 Å². The number of benzene rings is 1. The van der Waals surface area contributed by atoms with E-state index in [4.69, 9.17) is 4.74 Å². The first-order chi connectivity index (χ1) is 11.0. The fourth-order valence-electron chi connectivity index (χ4n) is 2.04. The number of ether oxygens (including phenoxy) is 2. The monoisotopic (exact) mass is 319 g/mol. The lowest BCUT2D eigenvalue weighted by Gasteiger charge is -2.08. The molecule has 0 radical (unpaired) electrons. The third-order valence-corrected chi connectivity index (χ3v) is 2.98. The van der Waals surface area contributed by atoms with Crippen LogP contribution in [-0.2, 0) is 16.6 Å². The molecule has 0 bridgehead atoms. The number of aromatic nitrogens is 2. The normalized spacial score (nSPS) is 15.9. The number of carbonyl (C=O) groups excluding carboxylic acids is 1. The first-order valence-electron chi connectivity index (χ1n) is 6.58. The average molecular weight is 319 g/mol. The number of aryl methyl sites for hydroxylation is 1. The Morgan fingerprint density at radius 3 is 2.83 bits per heavy atom. The molecule has 0 saturated carbocycles. The molecule has 3 rings (SSSR count). The molecule has 0 fully saturated rings. The second-order valence-electron chi connectivity index (χ2n) is 4.66. The van der Waals surface area contributed by atoms with Gasteiger partial charge in [0.1, 0.15) is 5.75 Å². The predicted molar refractivity (Wildman–Crippen MR) is 76.9 cm³/mol. The molecular formula is C15H11F2N3O3. The van der Waals surface area contributed by atoms with Crippen molar-refractivity contribution in [1.29, 1.82) is 0 Å². The van der Waals surface area contributed by atoms with Crippen molar-refractivity contribution in [3.63, 3.8) is 0 Å².